The summed E-state index contributed by atoms with van der Waals surface area (Å²) in [6, 6.07) is 5.14. The normalized spacial score (nSPS) is 26.4. The molecule has 2 atom stereocenters. The van der Waals surface area contributed by atoms with E-state index in [4.69, 9.17) is 22.1 Å². The standard InChI is InChI=1S/C13H15ClN2O2/c14-10-2-1-3-11(15)12(10)13(17)16-6-8-4-5-9(7-16)18-8/h1-3,8-9H,4-7,15H2. The molecule has 2 aliphatic rings. The van der Waals surface area contributed by atoms with Crippen LogP contribution in [0.25, 0.3) is 0 Å². The zero-order chi connectivity index (χ0) is 12.7. The summed E-state index contributed by atoms with van der Waals surface area (Å²) in [7, 11) is 0. The summed E-state index contributed by atoms with van der Waals surface area (Å²) < 4.78 is 5.72. The smallest absolute Gasteiger partial charge is 0.257 e. The number of nitrogens with two attached hydrogens (primary N) is 1. The molecular weight excluding hydrogens is 252 g/mol. The Morgan fingerprint density at radius 3 is 2.61 bits per heavy atom. The summed E-state index contributed by atoms with van der Waals surface area (Å²) in [5.74, 6) is -0.0849. The van der Waals surface area contributed by atoms with Crippen LogP contribution in [0.5, 0.6) is 0 Å². The van der Waals surface area contributed by atoms with Crippen LogP contribution in [0.3, 0.4) is 0 Å². The monoisotopic (exact) mass is 266 g/mol. The number of likely N-dealkylation sites (tertiary alicyclic amines) is 1. The van der Waals surface area contributed by atoms with Gasteiger partial charge < -0.3 is 15.4 Å². The number of rotatable bonds is 1. The zero-order valence-corrected chi connectivity index (χ0v) is 10.7. The average Bonchev–Trinajstić information content (AvgIpc) is 2.68. The van der Waals surface area contributed by atoms with E-state index in [1.807, 2.05) is 4.90 Å². The first-order valence-electron chi connectivity index (χ1n) is 6.14. The predicted molar refractivity (Wildman–Crippen MR) is 69.7 cm³/mol. The lowest BCUT2D eigenvalue weighted by Crippen LogP contribution is -2.46. The first-order valence-corrected chi connectivity index (χ1v) is 6.51. The Labute approximate surface area is 111 Å². The summed E-state index contributed by atoms with van der Waals surface area (Å²) in [6.07, 6.45) is 2.42. The molecule has 2 fully saturated rings. The van der Waals surface area contributed by atoms with Crippen molar-refractivity contribution in [3.8, 4) is 0 Å². The Morgan fingerprint density at radius 2 is 2.00 bits per heavy atom. The van der Waals surface area contributed by atoms with Crippen LogP contribution in [0.15, 0.2) is 18.2 Å². The van der Waals surface area contributed by atoms with Crippen molar-refractivity contribution in [2.75, 3.05) is 18.8 Å². The minimum atomic E-state index is -0.0849. The van der Waals surface area contributed by atoms with E-state index < -0.39 is 0 Å². The maximum atomic E-state index is 12.5. The molecule has 0 aromatic heterocycles. The number of nitrogens with zero attached hydrogens (tertiary/aromatic N) is 1. The number of morpholine rings is 1. The molecule has 0 radical (unpaired) electrons. The van der Waals surface area contributed by atoms with Crippen LogP contribution >= 0.6 is 11.6 Å². The molecule has 2 unspecified atom stereocenters. The Morgan fingerprint density at radius 1 is 1.33 bits per heavy atom. The van der Waals surface area contributed by atoms with Crippen LogP contribution in [0.4, 0.5) is 5.69 Å². The van der Waals surface area contributed by atoms with Crippen molar-refractivity contribution in [2.45, 2.75) is 25.0 Å². The van der Waals surface area contributed by atoms with Gasteiger partial charge in [0, 0.05) is 18.8 Å². The number of ether oxygens (including phenoxy) is 1. The number of hydrogen-bond acceptors (Lipinski definition) is 3. The van der Waals surface area contributed by atoms with Crippen molar-refractivity contribution >= 4 is 23.2 Å². The van der Waals surface area contributed by atoms with Crippen LogP contribution in [-0.4, -0.2) is 36.1 Å². The summed E-state index contributed by atoms with van der Waals surface area (Å²) in [5, 5.41) is 0.416. The van der Waals surface area contributed by atoms with Crippen LogP contribution in [0.1, 0.15) is 23.2 Å². The van der Waals surface area contributed by atoms with Gasteiger partial charge in [0.1, 0.15) is 0 Å². The van der Waals surface area contributed by atoms with Gasteiger partial charge in [0.2, 0.25) is 0 Å². The molecule has 5 heteroatoms. The highest BCUT2D eigenvalue weighted by atomic mass is 35.5. The van der Waals surface area contributed by atoms with E-state index in [0.29, 0.717) is 29.4 Å². The van der Waals surface area contributed by atoms with Gasteiger partial charge in [-0.15, -0.1) is 0 Å². The maximum absolute atomic E-state index is 12.5. The lowest BCUT2D eigenvalue weighted by atomic mass is 10.1. The second-order valence-corrected chi connectivity index (χ2v) is 5.28. The third-order valence-corrected chi connectivity index (χ3v) is 3.91. The summed E-state index contributed by atoms with van der Waals surface area (Å²) in [5.41, 5.74) is 6.70. The molecule has 96 valence electrons. The Balaban J connectivity index is 1.86. The number of nitrogen functional groups attached to an aromatic ring is 1. The largest absolute Gasteiger partial charge is 0.398 e. The van der Waals surface area contributed by atoms with Gasteiger partial charge >= 0.3 is 0 Å². The molecule has 1 amide bonds. The molecule has 2 N–H and O–H groups in total. The molecular formula is C13H15ClN2O2. The van der Waals surface area contributed by atoms with Gasteiger partial charge in [0.15, 0.2) is 0 Å². The molecule has 0 aliphatic carbocycles. The van der Waals surface area contributed by atoms with Gasteiger partial charge in [-0.3, -0.25) is 4.79 Å². The number of carbonyl (C=O) groups excluding carboxylic acids is 1. The summed E-state index contributed by atoms with van der Waals surface area (Å²) >= 11 is 6.07. The second-order valence-electron chi connectivity index (χ2n) is 4.87. The summed E-state index contributed by atoms with van der Waals surface area (Å²) in [4.78, 5) is 14.3. The molecule has 4 nitrogen and oxygen atoms in total. The SMILES string of the molecule is Nc1cccc(Cl)c1C(=O)N1CC2CCC(C1)O2. The third-order valence-electron chi connectivity index (χ3n) is 3.59. The van der Waals surface area contributed by atoms with Crippen molar-refractivity contribution in [1.29, 1.82) is 0 Å². The molecule has 2 heterocycles. The fourth-order valence-electron chi connectivity index (χ4n) is 2.71. The molecule has 2 aliphatic heterocycles. The van der Waals surface area contributed by atoms with Gasteiger partial charge in [0.25, 0.3) is 5.91 Å². The molecule has 1 aromatic rings. The average molecular weight is 267 g/mol. The van der Waals surface area contributed by atoms with Crippen molar-refractivity contribution in [3.63, 3.8) is 0 Å². The number of halogens is 1. The third kappa shape index (κ3) is 1.95. The first-order chi connectivity index (χ1) is 8.65. The van der Waals surface area contributed by atoms with Crippen molar-refractivity contribution in [3.05, 3.63) is 28.8 Å². The first kappa shape index (κ1) is 11.8. The number of fused-ring (bicyclic) bond motifs is 2. The maximum Gasteiger partial charge on any atom is 0.257 e. The Bertz CT molecular complexity index is 460. The number of hydrogen-bond donors (Lipinski definition) is 1. The lowest BCUT2D eigenvalue weighted by molar-refractivity contribution is -0.0303. The molecule has 2 saturated heterocycles. The van der Waals surface area contributed by atoms with Crippen LogP contribution in [0.2, 0.25) is 5.02 Å². The molecule has 0 spiro atoms. The van der Waals surface area contributed by atoms with E-state index in [9.17, 15) is 4.79 Å². The van der Waals surface area contributed by atoms with Crippen molar-refractivity contribution in [2.24, 2.45) is 0 Å². The Kier molecular flexibility index (Phi) is 2.92. The van der Waals surface area contributed by atoms with E-state index >= 15 is 0 Å². The van der Waals surface area contributed by atoms with Gasteiger partial charge in [-0.25, -0.2) is 0 Å². The highest BCUT2D eigenvalue weighted by Crippen LogP contribution is 2.29. The highest BCUT2D eigenvalue weighted by Gasteiger charge is 2.36. The van der Waals surface area contributed by atoms with Crippen LogP contribution < -0.4 is 5.73 Å². The van der Waals surface area contributed by atoms with E-state index in [1.165, 1.54) is 0 Å². The molecule has 0 saturated carbocycles. The van der Waals surface area contributed by atoms with Crippen molar-refractivity contribution < 1.29 is 9.53 Å². The number of carbonyl (C=O) groups is 1. The zero-order valence-electron chi connectivity index (χ0n) is 9.93. The van der Waals surface area contributed by atoms with Crippen LogP contribution in [0, 0.1) is 0 Å². The molecule has 1 aromatic carbocycles. The highest BCUT2D eigenvalue weighted by molar-refractivity contribution is 6.34. The quantitative estimate of drug-likeness (QED) is 0.790. The fourth-order valence-corrected chi connectivity index (χ4v) is 2.97. The van der Waals surface area contributed by atoms with Crippen molar-refractivity contribution in [1.82, 2.24) is 4.90 Å². The van der Waals surface area contributed by atoms with Gasteiger partial charge in [0.05, 0.1) is 22.8 Å². The number of amides is 1. The minimum absolute atomic E-state index is 0.0849. The van der Waals surface area contributed by atoms with E-state index in [1.54, 1.807) is 18.2 Å². The lowest BCUT2D eigenvalue weighted by Gasteiger charge is -2.32. The van der Waals surface area contributed by atoms with Gasteiger partial charge in [-0.2, -0.15) is 0 Å². The van der Waals surface area contributed by atoms with Gasteiger partial charge in [-0.05, 0) is 25.0 Å². The predicted octanol–water partition coefficient (Wildman–Crippen LogP) is 1.93. The molecule has 18 heavy (non-hydrogen) atoms. The number of benzene rings is 1. The van der Waals surface area contributed by atoms with E-state index in [-0.39, 0.29) is 18.1 Å². The topological polar surface area (TPSA) is 55.6 Å². The summed E-state index contributed by atoms with van der Waals surface area (Å²) in [6.45, 7) is 1.28. The molecule has 3 rings (SSSR count). The number of anilines is 1. The minimum Gasteiger partial charge on any atom is -0.398 e. The molecule has 2 bridgehead atoms. The Hall–Kier alpha value is -1.26. The van der Waals surface area contributed by atoms with Gasteiger partial charge in [-0.1, -0.05) is 17.7 Å². The van der Waals surface area contributed by atoms with E-state index in [2.05, 4.69) is 0 Å². The van der Waals surface area contributed by atoms with E-state index in [0.717, 1.165) is 12.8 Å². The fraction of sp³-hybridized carbons (Fsp3) is 0.462. The van der Waals surface area contributed by atoms with Crippen LogP contribution in [-0.2, 0) is 4.74 Å². The second kappa shape index (κ2) is 4.44.